The lowest BCUT2D eigenvalue weighted by atomic mass is 9.82. The molecule has 1 fully saturated rings. The zero-order valence-electron chi connectivity index (χ0n) is 17.0. The number of cyclic esters (lactones) is 1. The van der Waals surface area contributed by atoms with Crippen molar-refractivity contribution in [1.29, 1.82) is 0 Å². The maximum Gasteiger partial charge on any atom is 0.413 e. The van der Waals surface area contributed by atoms with E-state index in [4.69, 9.17) is 9.47 Å². The predicted octanol–water partition coefficient (Wildman–Crippen LogP) is 4.92. The van der Waals surface area contributed by atoms with Crippen LogP contribution in [-0.4, -0.2) is 29.2 Å². The summed E-state index contributed by atoms with van der Waals surface area (Å²) in [5.41, 5.74) is 0.294. The average molecular weight is 373 g/mol. The van der Waals surface area contributed by atoms with E-state index in [2.05, 4.69) is 20.4 Å². The van der Waals surface area contributed by atoms with Crippen molar-refractivity contribution in [3.63, 3.8) is 0 Å². The molecule has 0 unspecified atom stereocenters. The van der Waals surface area contributed by atoms with Gasteiger partial charge in [-0.2, -0.15) is 0 Å². The van der Waals surface area contributed by atoms with Gasteiger partial charge in [-0.25, -0.2) is 9.59 Å². The molecule has 1 aromatic rings. The summed E-state index contributed by atoms with van der Waals surface area (Å²) in [6, 6.07) is 8.82. The van der Waals surface area contributed by atoms with Gasteiger partial charge in [-0.05, 0) is 23.8 Å². The van der Waals surface area contributed by atoms with E-state index in [1.807, 2.05) is 57.2 Å². The minimum absolute atomic E-state index is 0.157. The Morgan fingerprint density at radius 1 is 1.22 bits per heavy atom. The van der Waals surface area contributed by atoms with Crippen LogP contribution in [0.4, 0.5) is 4.79 Å². The first-order chi connectivity index (χ1) is 12.5. The topological polar surface area (TPSA) is 55.8 Å². The molecule has 2 atom stereocenters. The van der Waals surface area contributed by atoms with Crippen LogP contribution in [0.15, 0.2) is 43.0 Å². The van der Waals surface area contributed by atoms with Gasteiger partial charge in [0.25, 0.3) is 0 Å². The molecule has 1 aliphatic heterocycles. The Balaban J connectivity index is 2.22. The van der Waals surface area contributed by atoms with Crippen LogP contribution >= 0.6 is 0 Å². The Bertz CT molecular complexity index is 675. The molecule has 0 radical (unpaired) electrons. The molecule has 0 aliphatic carbocycles. The molecular formula is C22H31NO4. The maximum absolute atomic E-state index is 12.9. The first-order valence-electron chi connectivity index (χ1n) is 9.35. The summed E-state index contributed by atoms with van der Waals surface area (Å²) in [5, 5.41) is 0. The Morgan fingerprint density at radius 3 is 2.41 bits per heavy atom. The molecule has 5 heteroatoms. The second-order valence-electron chi connectivity index (χ2n) is 8.98. The van der Waals surface area contributed by atoms with Crippen molar-refractivity contribution >= 4 is 12.1 Å². The van der Waals surface area contributed by atoms with Gasteiger partial charge in [0, 0.05) is 5.41 Å². The maximum atomic E-state index is 12.9. The molecule has 1 aromatic carbocycles. The third-order valence-electron chi connectivity index (χ3n) is 4.69. The quantitative estimate of drug-likeness (QED) is 0.525. The van der Waals surface area contributed by atoms with Crippen LogP contribution < -0.4 is 0 Å². The van der Waals surface area contributed by atoms with Crippen LogP contribution in [0.5, 0.6) is 0 Å². The molecule has 0 aromatic heterocycles. The number of rotatable bonds is 6. The zero-order valence-corrected chi connectivity index (χ0v) is 17.0. The first kappa shape index (κ1) is 21.0. The zero-order chi connectivity index (χ0) is 20.2. The van der Waals surface area contributed by atoms with Crippen molar-refractivity contribution < 1.29 is 19.1 Å². The van der Waals surface area contributed by atoms with Gasteiger partial charge >= 0.3 is 12.1 Å². The van der Waals surface area contributed by atoms with Crippen LogP contribution in [0.25, 0.3) is 0 Å². The number of carbonyl (C=O) groups is 2. The second kappa shape index (κ2) is 8.15. The van der Waals surface area contributed by atoms with Crippen LogP contribution in [0, 0.1) is 10.8 Å². The van der Waals surface area contributed by atoms with E-state index in [0.717, 1.165) is 12.0 Å². The van der Waals surface area contributed by atoms with Crippen molar-refractivity contribution in [3.05, 3.63) is 48.6 Å². The van der Waals surface area contributed by atoms with Gasteiger partial charge < -0.3 is 9.47 Å². The number of benzene rings is 1. The highest BCUT2D eigenvalue weighted by Gasteiger charge is 2.51. The summed E-state index contributed by atoms with van der Waals surface area (Å²) in [6.45, 7) is 13.9. The van der Waals surface area contributed by atoms with Gasteiger partial charge in [0.05, 0.1) is 0 Å². The monoisotopic (exact) mass is 373 g/mol. The summed E-state index contributed by atoms with van der Waals surface area (Å²) < 4.78 is 11.1. The lowest BCUT2D eigenvalue weighted by Gasteiger charge is -2.35. The van der Waals surface area contributed by atoms with Crippen LogP contribution in [0.2, 0.25) is 0 Å². The molecule has 27 heavy (non-hydrogen) atoms. The molecule has 0 bridgehead atoms. The Morgan fingerprint density at radius 2 is 1.85 bits per heavy atom. The number of amides is 1. The van der Waals surface area contributed by atoms with Gasteiger partial charge in [-0.3, -0.25) is 4.90 Å². The van der Waals surface area contributed by atoms with Crippen molar-refractivity contribution in [2.24, 2.45) is 10.8 Å². The molecule has 1 saturated heterocycles. The van der Waals surface area contributed by atoms with Gasteiger partial charge in [0.1, 0.15) is 12.6 Å². The molecule has 0 spiro atoms. The van der Waals surface area contributed by atoms with E-state index < -0.39 is 23.8 Å². The van der Waals surface area contributed by atoms with E-state index in [1.54, 1.807) is 0 Å². The fourth-order valence-electron chi connectivity index (χ4n) is 3.31. The summed E-state index contributed by atoms with van der Waals surface area (Å²) in [6.07, 6.45) is 1.88. The molecule has 1 amide bonds. The number of nitrogens with zero attached hydrogens (tertiary/aromatic N) is 1. The SMILES string of the molecule is C=CCC(C)(C)C[C@H]1C(=O)O[C@@H](C(C)(C)C)N1C(=O)OCc1ccccc1. The number of allylic oxidation sites excluding steroid dienone is 1. The van der Waals surface area contributed by atoms with Crippen LogP contribution in [0.3, 0.4) is 0 Å². The molecule has 148 valence electrons. The number of ether oxygens (including phenoxy) is 2. The Hall–Kier alpha value is -2.30. The summed E-state index contributed by atoms with van der Waals surface area (Å²) >= 11 is 0. The third-order valence-corrected chi connectivity index (χ3v) is 4.69. The van der Waals surface area contributed by atoms with E-state index >= 15 is 0 Å². The van der Waals surface area contributed by atoms with E-state index in [9.17, 15) is 9.59 Å². The lowest BCUT2D eigenvalue weighted by Crippen LogP contribution is -2.49. The minimum Gasteiger partial charge on any atom is -0.444 e. The number of esters is 1. The van der Waals surface area contributed by atoms with Crippen molar-refractivity contribution in [3.8, 4) is 0 Å². The first-order valence-corrected chi connectivity index (χ1v) is 9.35. The highest BCUT2D eigenvalue weighted by molar-refractivity contribution is 5.84. The fourth-order valence-corrected chi connectivity index (χ4v) is 3.31. The Labute approximate surface area is 162 Å². The molecule has 0 N–H and O–H groups in total. The van der Waals surface area contributed by atoms with Gasteiger partial charge in [0.2, 0.25) is 0 Å². The lowest BCUT2D eigenvalue weighted by molar-refractivity contribution is -0.147. The normalized spacial score (nSPS) is 20.3. The highest BCUT2D eigenvalue weighted by atomic mass is 16.6. The Kier molecular flexibility index (Phi) is 6.34. The second-order valence-corrected chi connectivity index (χ2v) is 8.98. The molecule has 0 saturated carbocycles. The largest absolute Gasteiger partial charge is 0.444 e. The van der Waals surface area contributed by atoms with E-state index in [1.165, 1.54) is 4.90 Å². The molecule has 5 nitrogen and oxygen atoms in total. The molecular weight excluding hydrogens is 342 g/mol. The van der Waals surface area contributed by atoms with Crippen molar-refractivity contribution in [1.82, 2.24) is 4.90 Å². The summed E-state index contributed by atoms with van der Waals surface area (Å²) in [5.74, 6) is -0.372. The molecule has 1 aliphatic rings. The summed E-state index contributed by atoms with van der Waals surface area (Å²) in [7, 11) is 0. The predicted molar refractivity (Wildman–Crippen MR) is 105 cm³/mol. The fraction of sp³-hybridized carbons (Fsp3) is 0.545. The highest BCUT2D eigenvalue weighted by Crippen LogP contribution is 2.38. The smallest absolute Gasteiger partial charge is 0.413 e. The third kappa shape index (κ3) is 5.34. The number of carbonyl (C=O) groups excluding carboxylic acids is 2. The van der Waals surface area contributed by atoms with Crippen LogP contribution in [0.1, 0.15) is 53.0 Å². The van der Waals surface area contributed by atoms with Gasteiger partial charge in [-0.1, -0.05) is 71.0 Å². The van der Waals surface area contributed by atoms with Gasteiger partial charge in [-0.15, -0.1) is 6.58 Å². The number of hydrogen-bond acceptors (Lipinski definition) is 4. The van der Waals surface area contributed by atoms with Crippen molar-refractivity contribution in [2.75, 3.05) is 0 Å². The van der Waals surface area contributed by atoms with Crippen LogP contribution in [-0.2, 0) is 20.9 Å². The average Bonchev–Trinajstić information content (AvgIpc) is 2.90. The van der Waals surface area contributed by atoms with E-state index in [0.29, 0.717) is 6.42 Å². The van der Waals surface area contributed by atoms with E-state index in [-0.39, 0.29) is 18.0 Å². The molecule has 2 rings (SSSR count). The standard InChI is InChI=1S/C22H31NO4/c1-7-13-22(5,6)14-17-18(24)27-19(21(2,3)4)23(17)20(25)26-15-16-11-9-8-10-12-16/h7-12,17,19H,1,13-15H2,2-6H3/t17-,19-/m0/s1. The molecule has 1 heterocycles. The number of hydrogen-bond donors (Lipinski definition) is 0. The van der Waals surface area contributed by atoms with Crippen molar-refractivity contribution in [2.45, 2.75) is 66.3 Å². The van der Waals surface area contributed by atoms with Gasteiger partial charge in [0.15, 0.2) is 6.23 Å². The minimum atomic E-state index is -0.660. The summed E-state index contributed by atoms with van der Waals surface area (Å²) in [4.78, 5) is 27.0.